The van der Waals surface area contributed by atoms with Crippen LogP contribution in [0.1, 0.15) is 11.1 Å². The van der Waals surface area contributed by atoms with E-state index in [0.29, 0.717) is 0 Å². The second kappa shape index (κ2) is 7.64. The highest BCUT2D eigenvalue weighted by molar-refractivity contribution is 7.99. The van der Waals surface area contributed by atoms with E-state index in [1.165, 1.54) is 20.9 Å². The highest BCUT2D eigenvalue weighted by Crippen LogP contribution is 2.33. The number of nitrogens with zero attached hydrogens (tertiary/aromatic N) is 2. The van der Waals surface area contributed by atoms with Crippen molar-refractivity contribution in [2.24, 2.45) is 0 Å². The first-order chi connectivity index (χ1) is 10.1. The lowest BCUT2D eigenvalue weighted by Crippen LogP contribution is -2.12. The van der Waals surface area contributed by atoms with Crippen LogP contribution in [0.4, 0.5) is 0 Å². The monoisotopic (exact) mass is 300 g/mol. The molecule has 0 saturated carbocycles. The van der Waals surface area contributed by atoms with Crippen LogP contribution in [-0.2, 0) is 13.1 Å². The zero-order valence-electron chi connectivity index (χ0n) is 13.3. The summed E-state index contributed by atoms with van der Waals surface area (Å²) in [6.07, 6.45) is 0. The quantitative estimate of drug-likeness (QED) is 0.797. The van der Waals surface area contributed by atoms with Gasteiger partial charge in [0.2, 0.25) is 0 Å². The normalized spacial score (nSPS) is 11.3. The van der Waals surface area contributed by atoms with Crippen molar-refractivity contribution in [3.05, 3.63) is 59.7 Å². The molecule has 0 spiro atoms. The van der Waals surface area contributed by atoms with Gasteiger partial charge >= 0.3 is 0 Å². The molecule has 3 heteroatoms. The van der Waals surface area contributed by atoms with Gasteiger partial charge in [0.25, 0.3) is 0 Å². The Morgan fingerprint density at radius 3 is 1.43 bits per heavy atom. The molecule has 0 N–H and O–H groups in total. The Balaban J connectivity index is 2.26. The highest BCUT2D eigenvalue weighted by atomic mass is 32.2. The molecule has 0 saturated heterocycles. The van der Waals surface area contributed by atoms with Gasteiger partial charge in [-0.1, -0.05) is 48.2 Å². The molecule has 0 radical (unpaired) electrons. The molecule has 0 unspecified atom stereocenters. The molecule has 0 atom stereocenters. The molecule has 2 nitrogen and oxygen atoms in total. The number of hydrogen-bond acceptors (Lipinski definition) is 3. The molecular formula is C18H24N2S. The van der Waals surface area contributed by atoms with Crippen molar-refractivity contribution in [3.8, 4) is 0 Å². The molecule has 0 aliphatic rings. The van der Waals surface area contributed by atoms with E-state index in [-0.39, 0.29) is 0 Å². The Kier molecular flexibility index (Phi) is 5.85. The maximum atomic E-state index is 2.22. The predicted octanol–water partition coefficient (Wildman–Crippen LogP) is 3.96. The molecule has 2 rings (SSSR count). The van der Waals surface area contributed by atoms with Crippen LogP contribution in [0.15, 0.2) is 58.3 Å². The minimum Gasteiger partial charge on any atom is -0.305 e. The van der Waals surface area contributed by atoms with E-state index in [0.717, 1.165) is 13.1 Å². The summed E-state index contributed by atoms with van der Waals surface area (Å²) in [4.78, 5) is 7.12. The Bertz CT molecular complexity index is 527. The lowest BCUT2D eigenvalue weighted by atomic mass is 10.2. The fraction of sp³-hybridized carbons (Fsp3) is 0.333. The molecule has 0 fully saturated rings. The van der Waals surface area contributed by atoms with Crippen molar-refractivity contribution >= 4 is 11.8 Å². The second-order valence-corrected chi connectivity index (χ2v) is 6.88. The summed E-state index contributed by atoms with van der Waals surface area (Å²) in [5.74, 6) is 0. The van der Waals surface area contributed by atoms with Crippen LogP contribution >= 0.6 is 11.8 Å². The second-order valence-electron chi connectivity index (χ2n) is 5.79. The van der Waals surface area contributed by atoms with Gasteiger partial charge in [0.15, 0.2) is 0 Å². The SMILES string of the molecule is CN(C)Cc1ccccc1Sc1ccccc1CN(C)C. The van der Waals surface area contributed by atoms with Gasteiger partial charge in [-0.2, -0.15) is 0 Å². The van der Waals surface area contributed by atoms with Crippen molar-refractivity contribution in [3.63, 3.8) is 0 Å². The lowest BCUT2D eigenvalue weighted by molar-refractivity contribution is 0.398. The van der Waals surface area contributed by atoms with E-state index >= 15 is 0 Å². The molecule has 0 aliphatic heterocycles. The van der Waals surface area contributed by atoms with E-state index in [2.05, 4.69) is 86.5 Å². The third-order valence-electron chi connectivity index (χ3n) is 3.14. The molecule has 0 heterocycles. The summed E-state index contributed by atoms with van der Waals surface area (Å²) in [6.45, 7) is 1.94. The Labute approximate surface area is 132 Å². The number of rotatable bonds is 6. The van der Waals surface area contributed by atoms with Gasteiger partial charge in [-0.15, -0.1) is 0 Å². The van der Waals surface area contributed by atoms with Crippen molar-refractivity contribution in [1.82, 2.24) is 9.80 Å². The highest BCUT2D eigenvalue weighted by Gasteiger charge is 2.08. The van der Waals surface area contributed by atoms with Gasteiger partial charge in [-0.3, -0.25) is 0 Å². The smallest absolute Gasteiger partial charge is 0.0238 e. The van der Waals surface area contributed by atoms with E-state index in [1.54, 1.807) is 0 Å². The Hall–Kier alpha value is -1.29. The summed E-state index contributed by atoms with van der Waals surface area (Å²) in [7, 11) is 8.45. The minimum absolute atomic E-state index is 0.971. The van der Waals surface area contributed by atoms with Gasteiger partial charge in [-0.25, -0.2) is 0 Å². The van der Waals surface area contributed by atoms with Crippen molar-refractivity contribution in [1.29, 1.82) is 0 Å². The van der Waals surface area contributed by atoms with Gasteiger partial charge in [0.05, 0.1) is 0 Å². The van der Waals surface area contributed by atoms with Crippen LogP contribution in [0.25, 0.3) is 0 Å². The first-order valence-electron chi connectivity index (χ1n) is 7.19. The predicted molar refractivity (Wildman–Crippen MR) is 91.8 cm³/mol. The molecule has 0 amide bonds. The average Bonchev–Trinajstić information content (AvgIpc) is 2.42. The molecule has 2 aromatic rings. The first-order valence-corrected chi connectivity index (χ1v) is 8.01. The first kappa shape index (κ1) is 16.1. The van der Waals surface area contributed by atoms with E-state index in [1.807, 2.05) is 11.8 Å². The lowest BCUT2D eigenvalue weighted by Gasteiger charge is -2.16. The maximum absolute atomic E-state index is 2.22. The summed E-state index contributed by atoms with van der Waals surface area (Å²) in [6, 6.07) is 17.4. The van der Waals surface area contributed by atoms with Gasteiger partial charge in [0, 0.05) is 22.9 Å². The third kappa shape index (κ3) is 4.88. The van der Waals surface area contributed by atoms with E-state index < -0.39 is 0 Å². The standard InChI is InChI=1S/C18H24N2S/c1-19(2)13-15-9-5-7-11-17(15)21-18-12-8-6-10-16(18)14-20(3)4/h5-12H,13-14H2,1-4H3. The van der Waals surface area contributed by atoms with Crippen LogP contribution in [0.2, 0.25) is 0 Å². The van der Waals surface area contributed by atoms with Crippen molar-refractivity contribution < 1.29 is 0 Å². The van der Waals surface area contributed by atoms with Crippen molar-refractivity contribution in [2.75, 3.05) is 28.2 Å². The molecule has 112 valence electrons. The van der Waals surface area contributed by atoms with E-state index in [9.17, 15) is 0 Å². The van der Waals surface area contributed by atoms with Crippen molar-refractivity contribution in [2.45, 2.75) is 22.9 Å². The Morgan fingerprint density at radius 1 is 0.667 bits per heavy atom. The number of hydrogen-bond donors (Lipinski definition) is 0. The summed E-state index contributed by atoms with van der Waals surface area (Å²) < 4.78 is 0. The molecule has 0 aromatic heterocycles. The van der Waals surface area contributed by atoms with Crippen LogP contribution in [0.3, 0.4) is 0 Å². The van der Waals surface area contributed by atoms with Gasteiger partial charge < -0.3 is 9.80 Å². The number of benzene rings is 2. The third-order valence-corrected chi connectivity index (χ3v) is 4.37. The van der Waals surface area contributed by atoms with Gasteiger partial charge in [0.1, 0.15) is 0 Å². The summed E-state index contributed by atoms with van der Waals surface area (Å²) >= 11 is 1.87. The average molecular weight is 300 g/mol. The topological polar surface area (TPSA) is 6.48 Å². The molecule has 0 bridgehead atoms. The zero-order valence-corrected chi connectivity index (χ0v) is 14.2. The summed E-state index contributed by atoms with van der Waals surface area (Å²) in [5.41, 5.74) is 2.76. The van der Waals surface area contributed by atoms with E-state index in [4.69, 9.17) is 0 Å². The van der Waals surface area contributed by atoms with Crippen LogP contribution in [-0.4, -0.2) is 38.0 Å². The maximum Gasteiger partial charge on any atom is 0.0238 e. The van der Waals surface area contributed by atoms with Gasteiger partial charge in [-0.05, 0) is 51.5 Å². The van der Waals surface area contributed by atoms with Crippen LogP contribution < -0.4 is 0 Å². The fourth-order valence-corrected chi connectivity index (χ4v) is 3.33. The fourth-order valence-electron chi connectivity index (χ4n) is 2.27. The summed E-state index contributed by atoms with van der Waals surface area (Å²) in [5, 5.41) is 0. The molecule has 2 aromatic carbocycles. The largest absolute Gasteiger partial charge is 0.305 e. The Morgan fingerprint density at radius 2 is 1.05 bits per heavy atom. The van der Waals surface area contributed by atoms with Crippen LogP contribution in [0, 0.1) is 0 Å². The van der Waals surface area contributed by atoms with Crippen LogP contribution in [0.5, 0.6) is 0 Å². The zero-order chi connectivity index (χ0) is 15.2. The molecular weight excluding hydrogens is 276 g/mol. The minimum atomic E-state index is 0.971. The molecule has 0 aliphatic carbocycles. The molecule has 21 heavy (non-hydrogen) atoms.